The monoisotopic (exact) mass is 321 g/mol. The zero-order chi connectivity index (χ0) is 15.4. The Hall–Kier alpha value is -2.03. The minimum atomic E-state index is -0.682. The van der Waals surface area contributed by atoms with Crippen molar-refractivity contribution < 1.29 is 14.3 Å². The number of ether oxygens (including phenoxy) is 2. The molecule has 1 atom stereocenters. The van der Waals surface area contributed by atoms with Crippen LogP contribution in [0.3, 0.4) is 0 Å². The highest BCUT2D eigenvalue weighted by molar-refractivity contribution is 7.18. The van der Waals surface area contributed by atoms with E-state index >= 15 is 0 Å². The molecule has 1 aromatic carbocycles. The quantitative estimate of drug-likeness (QED) is 0.783. The first-order chi connectivity index (χ1) is 10.0. The van der Waals surface area contributed by atoms with Crippen LogP contribution in [0.4, 0.5) is 0 Å². The second kappa shape index (κ2) is 6.61. The Morgan fingerprint density at radius 2 is 2.05 bits per heavy atom. The molecule has 0 saturated heterocycles. The number of nitrogens with zero attached hydrogens (tertiary/aromatic N) is 1. The van der Waals surface area contributed by atoms with Crippen LogP contribution in [0.15, 0.2) is 30.3 Å². The number of methoxy groups -OCH3 is 1. The number of thiophene rings is 1. The third kappa shape index (κ3) is 3.75. The highest BCUT2D eigenvalue weighted by Crippen LogP contribution is 2.26. The van der Waals surface area contributed by atoms with Crippen molar-refractivity contribution in [2.24, 2.45) is 0 Å². The third-order valence-electron chi connectivity index (χ3n) is 2.74. The molecular weight excluding hydrogens is 310 g/mol. The van der Waals surface area contributed by atoms with Crippen molar-refractivity contribution in [3.05, 3.63) is 45.1 Å². The van der Waals surface area contributed by atoms with Gasteiger partial charge in [-0.1, -0.05) is 11.6 Å². The number of rotatable bonds is 5. The van der Waals surface area contributed by atoms with E-state index in [9.17, 15) is 4.79 Å². The van der Waals surface area contributed by atoms with Crippen LogP contribution in [0.25, 0.3) is 0 Å². The normalized spacial score (nSPS) is 11.5. The summed E-state index contributed by atoms with van der Waals surface area (Å²) in [6.07, 6.45) is -0.682. The van der Waals surface area contributed by atoms with Crippen molar-refractivity contribution in [2.45, 2.75) is 13.0 Å². The summed E-state index contributed by atoms with van der Waals surface area (Å²) in [5, 5.41) is 8.97. The van der Waals surface area contributed by atoms with Gasteiger partial charge in [0.1, 0.15) is 11.5 Å². The molecule has 108 valence electrons. The van der Waals surface area contributed by atoms with Gasteiger partial charge < -0.3 is 9.47 Å². The smallest absolute Gasteiger partial charge is 0.212 e. The van der Waals surface area contributed by atoms with Crippen molar-refractivity contribution in [3.63, 3.8) is 0 Å². The van der Waals surface area contributed by atoms with Crippen LogP contribution in [0, 0.1) is 11.3 Å². The SMILES string of the molecule is COc1cc(C#N)cc(OC(C)C(=O)c2ccc(Cl)s2)c1. The second-order valence-electron chi connectivity index (χ2n) is 4.24. The molecule has 0 aliphatic carbocycles. The molecule has 0 fully saturated rings. The first-order valence-electron chi connectivity index (χ1n) is 6.09. The fourth-order valence-electron chi connectivity index (χ4n) is 1.73. The zero-order valence-electron chi connectivity index (χ0n) is 11.4. The molecule has 0 aliphatic rings. The number of ketones is 1. The molecule has 1 unspecified atom stereocenters. The highest BCUT2D eigenvalue weighted by atomic mass is 35.5. The largest absolute Gasteiger partial charge is 0.497 e. The average Bonchev–Trinajstić information content (AvgIpc) is 2.92. The maximum absolute atomic E-state index is 12.2. The molecule has 6 heteroatoms. The minimum absolute atomic E-state index is 0.159. The molecule has 1 heterocycles. The lowest BCUT2D eigenvalue weighted by molar-refractivity contribution is 0.0822. The lowest BCUT2D eigenvalue weighted by Crippen LogP contribution is -2.23. The van der Waals surface area contributed by atoms with Crippen molar-refractivity contribution in [1.82, 2.24) is 0 Å². The van der Waals surface area contributed by atoms with Gasteiger partial charge >= 0.3 is 0 Å². The minimum Gasteiger partial charge on any atom is -0.497 e. The summed E-state index contributed by atoms with van der Waals surface area (Å²) in [7, 11) is 1.50. The van der Waals surface area contributed by atoms with Crippen molar-refractivity contribution in [1.29, 1.82) is 5.26 Å². The van der Waals surface area contributed by atoms with Gasteiger partial charge in [-0.2, -0.15) is 5.26 Å². The predicted molar refractivity (Wildman–Crippen MR) is 81.5 cm³/mol. The number of Topliss-reactive ketones (excluding diaryl/α,β-unsaturated/α-hetero) is 1. The van der Waals surface area contributed by atoms with Crippen molar-refractivity contribution in [2.75, 3.05) is 7.11 Å². The lowest BCUT2D eigenvalue weighted by atomic mass is 10.2. The van der Waals surface area contributed by atoms with E-state index in [1.807, 2.05) is 6.07 Å². The summed E-state index contributed by atoms with van der Waals surface area (Å²) >= 11 is 7.03. The molecule has 21 heavy (non-hydrogen) atoms. The Morgan fingerprint density at radius 1 is 1.33 bits per heavy atom. The van der Waals surface area contributed by atoms with E-state index in [-0.39, 0.29) is 5.78 Å². The topological polar surface area (TPSA) is 59.3 Å². The van der Waals surface area contributed by atoms with E-state index in [2.05, 4.69) is 0 Å². The molecule has 0 amide bonds. The summed E-state index contributed by atoms with van der Waals surface area (Å²) in [4.78, 5) is 12.7. The van der Waals surface area contributed by atoms with Crippen LogP contribution in [-0.4, -0.2) is 19.0 Å². The third-order valence-corrected chi connectivity index (χ3v) is 3.99. The number of halogens is 1. The van der Waals surface area contributed by atoms with E-state index in [0.717, 1.165) is 0 Å². The van der Waals surface area contributed by atoms with Gasteiger partial charge in [0.25, 0.3) is 0 Å². The van der Waals surface area contributed by atoms with Crippen LogP contribution in [0.5, 0.6) is 11.5 Å². The Kier molecular flexibility index (Phi) is 4.84. The number of hydrogen-bond donors (Lipinski definition) is 0. The number of benzene rings is 1. The van der Waals surface area contributed by atoms with Crippen LogP contribution in [0.2, 0.25) is 4.34 Å². The van der Waals surface area contributed by atoms with E-state index in [1.165, 1.54) is 18.4 Å². The summed E-state index contributed by atoms with van der Waals surface area (Å²) in [5.74, 6) is 0.755. The van der Waals surface area contributed by atoms with E-state index in [1.54, 1.807) is 37.3 Å². The van der Waals surface area contributed by atoms with Gasteiger partial charge in [-0.05, 0) is 31.2 Å². The molecule has 0 N–H and O–H groups in total. The first kappa shape index (κ1) is 15.4. The molecule has 2 rings (SSSR count). The van der Waals surface area contributed by atoms with Gasteiger partial charge in [0.15, 0.2) is 6.10 Å². The standard InChI is InChI=1S/C15H12ClNO3S/c1-9(15(18)13-3-4-14(16)21-13)20-12-6-10(8-17)5-11(7-12)19-2/h3-7,9H,1-2H3. The Balaban J connectivity index is 2.17. The molecule has 0 saturated carbocycles. The molecule has 0 radical (unpaired) electrons. The molecule has 4 nitrogen and oxygen atoms in total. The number of carbonyl (C=O) groups excluding carboxylic acids is 1. The molecule has 0 spiro atoms. The van der Waals surface area contributed by atoms with Crippen LogP contribution in [0.1, 0.15) is 22.2 Å². The Labute approximate surface area is 131 Å². The van der Waals surface area contributed by atoms with Gasteiger partial charge in [-0.25, -0.2) is 0 Å². The summed E-state index contributed by atoms with van der Waals surface area (Å²) in [6.45, 7) is 1.65. The second-order valence-corrected chi connectivity index (χ2v) is 5.95. The fourth-order valence-corrected chi connectivity index (χ4v) is 2.79. The predicted octanol–water partition coefficient (Wildman–Crippen LogP) is 3.93. The summed E-state index contributed by atoms with van der Waals surface area (Å²) < 4.78 is 11.3. The van der Waals surface area contributed by atoms with E-state index in [0.29, 0.717) is 26.3 Å². The van der Waals surface area contributed by atoms with Gasteiger partial charge in [0.2, 0.25) is 5.78 Å². The van der Waals surface area contributed by atoms with Crippen LogP contribution in [-0.2, 0) is 0 Å². The average molecular weight is 322 g/mol. The first-order valence-corrected chi connectivity index (χ1v) is 7.28. The molecular formula is C15H12ClNO3S. The van der Waals surface area contributed by atoms with Gasteiger partial charge in [-0.3, -0.25) is 4.79 Å². The number of carbonyl (C=O) groups is 1. The van der Waals surface area contributed by atoms with Crippen LogP contribution >= 0.6 is 22.9 Å². The van der Waals surface area contributed by atoms with Crippen molar-refractivity contribution in [3.8, 4) is 17.6 Å². The van der Waals surface area contributed by atoms with Gasteiger partial charge in [0, 0.05) is 6.07 Å². The van der Waals surface area contributed by atoms with Crippen LogP contribution < -0.4 is 9.47 Å². The van der Waals surface area contributed by atoms with E-state index in [4.69, 9.17) is 26.3 Å². The number of nitriles is 1. The molecule has 0 aliphatic heterocycles. The summed E-state index contributed by atoms with van der Waals surface area (Å²) in [6, 6.07) is 10.1. The molecule has 1 aromatic heterocycles. The maximum atomic E-state index is 12.2. The number of hydrogen-bond acceptors (Lipinski definition) is 5. The maximum Gasteiger partial charge on any atom is 0.212 e. The van der Waals surface area contributed by atoms with Crippen molar-refractivity contribution >= 4 is 28.7 Å². The highest BCUT2D eigenvalue weighted by Gasteiger charge is 2.19. The van der Waals surface area contributed by atoms with E-state index < -0.39 is 6.10 Å². The molecule has 0 bridgehead atoms. The summed E-state index contributed by atoms with van der Waals surface area (Å²) in [5.41, 5.74) is 0.406. The zero-order valence-corrected chi connectivity index (χ0v) is 13.0. The van der Waals surface area contributed by atoms with Gasteiger partial charge in [-0.15, -0.1) is 11.3 Å². The lowest BCUT2D eigenvalue weighted by Gasteiger charge is -2.14. The van der Waals surface area contributed by atoms with Gasteiger partial charge in [0.05, 0.1) is 28.0 Å². The fraction of sp³-hybridized carbons (Fsp3) is 0.200. The Morgan fingerprint density at radius 3 is 2.62 bits per heavy atom. The Bertz CT molecular complexity index is 705. The molecule has 2 aromatic rings.